The van der Waals surface area contributed by atoms with Crippen molar-refractivity contribution in [1.82, 2.24) is 15.1 Å². The van der Waals surface area contributed by atoms with Gasteiger partial charge in [-0.2, -0.15) is 26.3 Å². The van der Waals surface area contributed by atoms with Crippen LogP contribution >= 0.6 is 11.8 Å². The van der Waals surface area contributed by atoms with E-state index in [0.717, 1.165) is 17.8 Å². The molecule has 1 aromatic carbocycles. The molecular formula is C24H28F6N4O3S. The number of allylic oxidation sites excluding steroid dienone is 1. The molecule has 2 aliphatic heterocycles. The van der Waals surface area contributed by atoms with Gasteiger partial charge in [0, 0.05) is 20.6 Å². The molecule has 38 heavy (non-hydrogen) atoms. The Balaban J connectivity index is 1.72. The molecule has 0 spiro atoms. The van der Waals surface area contributed by atoms with E-state index in [4.69, 9.17) is 0 Å². The minimum absolute atomic E-state index is 0.0455. The first-order valence-corrected chi connectivity index (χ1v) is 12.6. The number of hydrogen-bond acceptors (Lipinski definition) is 6. The van der Waals surface area contributed by atoms with E-state index in [0.29, 0.717) is 36.9 Å². The zero-order valence-electron chi connectivity index (χ0n) is 20.9. The highest BCUT2D eigenvalue weighted by molar-refractivity contribution is 8.18. The summed E-state index contributed by atoms with van der Waals surface area (Å²) in [6.07, 6.45) is -8.02. The monoisotopic (exact) mass is 566 g/mol. The number of amidine groups is 1. The van der Waals surface area contributed by atoms with E-state index < -0.39 is 46.8 Å². The molecule has 0 unspecified atom stereocenters. The lowest BCUT2D eigenvalue weighted by Crippen LogP contribution is -2.40. The van der Waals surface area contributed by atoms with Crippen LogP contribution in [0.4, 0.5) is 31.1 Å². The second kappa shape index (κ2) is 11.7. The van der Waals surface area contributed by atoms with Gasteiger partial charge in [0.1, 0.15) is 5.84 Å². The molecule has 210 valence electrons. The Morgan fingerprint density at radius 1 is 1.21 bits per heavy atom. The molecule has 0 radical (unpaired) electrons. The zero-order valence-corrected chi connectivity index (χ0v) is 21.7. The van der Waals surface area contributed by atoms with Crippen LogP contribution in [0.25, 0.3) is 0 Å². The third-order valence-electron chi connectivity index (χ3n) is 6.23. The van der Waals surface area contributed by atoms with Gasteiger partial charge in [0.2, 0.25) is 5.91 Å². The Bertz CT molecular complexity index is 1110. The molecule has 2 amide bonds. The zero-order chi connectivity index (χ0) is 28.4. The highest BCUT2D eigenvalue weighted by Crippen LogP contribution is 2.38. The van der Waals surface area contributed by atoms with Gasteiger partial charge in [-0.1, -0.05) is 12.1 Å². The van der Waals surface area contributed by atoms with Gasteiger partial charge in [-0.25, -0.2) is 0 Å². The van der Waals surface area contributed by atoms with Crippen LogP contribution < -0.4 is 5.32 Å². The van der Waals surface area contributed by atoms with E-state index in [1.165, 1.54) is 25.9 Å². The van der Waals surface area contributed by atoms with Crippen molar-refractivity contribution in [2.75, 3.05) is 27.2 Å². The number of thioether (sulfide) groups is 1. The van der Waals surface area contributed by atoms with Crippen molar-refractivity contribution in [2.45, 2.75) is 50.8 Å². The van der Waals surface area contributed by atoms with E-state index in [1.807, 2.05) is 6.08 Å². The Morgan fingerprint density at radius 2 is 1.84 bits per heavy atom. The Morgan fingerprint density at radius 3 is 2.37 bits per heavy atom. The SMILES string of the molecule is C[C@@H](O)[C@H](N=C1NC(=O)S/C1=C\C1CCN(Cc2ccc(C(F)(F)F)cc2C(F)(F)F)CC1)C(=O)N(C)C. The van der Waals surface area contributed by atoms with Crippen molar-refractivity contribution in [1.29, 1.82) is 0 Å². The van der Waals surface area contributed by atoms with Crippen LogP contribution in [0.1, 0.15) is 36.5 Å². The number of benzene rings is 1. The van der Waals surface area contributed by atoms with Crippen molar-refractivity contribution in [2.24, 2.45) is 10.9 Å². The number of aliphatic hydroxyl groups excluding tert-OH is 1. The predicted octanol–water partition coefficient (Wildman–Crippen LogP) is 4.51. The number of carbonyl (C=O) groups is 2. The van der Waals surface area contributed by atoms with Crippen molar-refractivity contribution in [3.8, 4) is 0 Å². The van der Waals surface area contributed by atoms with E-state index in [1.54, 1.807) is 4.90 Å². The fraction of sp³-hybridized carbons (Fsp3) is 0.542. The van der Waals surface area contributed by atoms with Crippen LogP contribution in [0, 0.1) is 5.92 Å². The van der Waals surface area contributed by atoms with Gasteiger partial charge in [-0.15, -0.1) is 0 Å². The summed E-state index contributed by atoms with van der Waals surface area (Å²) >= 11 is 0.896. The number of nitrogens with one attached hydrogen (secondary N) is 1. The van der Waals surface area contributed by atoms with Crippen LogP contribution in [0.3, 0.4) is 0 Å². The lowest BCUT2D eigenvalue weighted by Gasteiger charge is -2.31. The fourth-order valence-corrected chi connectivity index (χ4v) is 5.01. The number of aliphatic hydroxyl groups is 1. The van der Waals surface area contributed by atoms with E-state index >= 15 is 0 Å². The molecule has 0 saturated carbocycles. The number of aliphatic imine (C=N–C) groups is 1. The maximum Gasteiger partial charge on any atom is 0.416 e. The Labute approximate surface area is 219 Å². The third-order valence-corrected chi connectivity index (χ3v) is 7.07. The van der Waals surface area contributed by atoms with Gasteiger partial charge < -0.3 is 15.3 Å². The minimum Gasteiger partial charge on any atom is -0.391 e. The molecule has 0 bridgehead atoms. The van der Waals surface area contributed by atoms with Crippen LogP contribution in [0.2, 0.25) is 0 Å². The molecule has 1 aromatic rings. The van der Waals surface area contributed by atoms with Gasteiger partial charge >= 0.3 is 12.4 Å². The summed E-state index contributed by atoms with van der Waals surface area (Å²) in [5.74, 6) is -0.313. The summed E-state index contributed by atoms with van der Waals surface area (Å²) in [5.41, 5.74) is -2.88. The van der Waals surface area contributed by atoms with Gasteiger partial charge in [0.15, 0.2) is 6.04 Å². The largest absolute Gasteiger partial charge is 0.416 e. The van der Waals surface area contributed by atoms with Crippen LogP contribution in [0.5, 0.6) is 0 Å². The summed E-state index contributed by atoms with van der Waals surface area (Å²) in [6.45, 7) is 2.04. The van der Waals surface area contributed by atoms with Crippen molar-refractivity contribution in [3.05, 3.63) is 45.9 Å². The number of carbonyl (C=O) groups excluding carboxylic acids is 2. The Hall–Kier alpha value is -2.58. The lowest BCUT2D eigenvalue weighted by atomic mass is 9.95. The highest BCUT2D eigenvalue weighted by Gasteiger charge is 2.38. The number of piperidine rings is 1. The van der Waals surface area contributed by atoms with Crippen LogP contribution in [-0.2, 0) is 23.7 Å². The average Bonchev–Trinajstić information content (AvgIpc) is 3.15. The normalized spacial score (nSPS) is 21.6. The number of nitrogens with zero attached hydrogens (tertiary/aromatic N) is 3. The maximum absolute atomic E-state index is 13.5. The molecule has 2 saturated heterocycles. The summed E-state index contributed by atoms with van der Waals surface area (Å²) in [5, 5.41) is 12.2. The molecular weight excluding hydrogens is 538 g/mol. The van der Waals surface area contributed by atoms with E-state index in [-0.39, 0.29) is 29.9 Å². The molecule has 0 aromatic heterocycles. The molecule has 7 nitrogen and oxygen atoms in total. The first-order valence-electron chi connectivity index (χ1n) is 11.7. The summed E-state index contributed by atoms with van der Waals surface area (Å²) in [4.78, 5) is 32.2. The molecule has 2 N–H and O–H groups in total. The highest BCUT2D eigenvalue weighted by atomic mass is 32.2. The lowest BCUT2D eigenvalue weighted by molar-refractivity contribution is -0.143. The van der Waals surface area contributed by atoms with Crippen LogP contribution in [0.15, 0.2) is 34.2 Å². The molecule has 2 atom stereocenters. The minimum atomic E-state index is -4.92. The number of amides is 2. The molecule has 2 aliphatic rings. The number of rotatable bonds is 6. The topological polar surface area (TPSA) is 85.2 Å². The van der Waals surface area contributed by atoms with Gasteiger partial charge in [-0.05, 0) is 68.2 Å². The number of halogens is 6. The van der Waals surface area contributed by atoms with Crippen molar-refractivity contribution in [3.63, 3.8) is 0 Å². The smallest absolute Gasteiger partial charge is 0.391 e. The molecule has 3 rings (SSSR count). The summed E-state index contributed by atoms with van der Waals surface area (Å²) in [6, 6.07) is 0.570. The first kappa shape index (κ1) is 30.0. The van der Waals surface area contributed by atoms with Gasteiger partial charge in [0.05, 0.1) is 22.1 Å². The molecule has 14 heteroatoms. The van der Waals surface area contributed by atoms with E-state index in [2.05, 4.69) is 10.3 Å². The maximum atomic E-state index is 13.5. The predicted molar refractivity (Wildman–Crippen MR) is 130 cm³/mol. The quantitative estimate of drug-likeness (QED) is 0.495. The average molecular weight is 567 g/mol. The number of likely N-dealkylation sites (N-methyl/N-ethyl adjacent to an activating group) is 1. The number of hydrogen-bond donors (Lipinski definition) is 2. The van der Waals surface area contributed by atoms with Crippen molar-refractivity contribution < 1.29 is 41.0 Å². The summed E-state index contributed by atoms with van der Waals surface area (Å²) in [7, 11) is 3.04. The third kappa shape index (κ3) is 7.50. The standard InChI is InChI=1S/C24H28F6N4O3S/c1-13(35)19(21(36)33(2)3)31-20-18(38-22(37)32-20)10-14-6-8-34(9-7-14)12-15-4-5-16(23(25,26)27)11-17(15)24(28,29)30/h4-5,10-11,13-14,19,35H,6-9,12H2,1-3H3,(H,31,32,37)/b18-10-/t13-,19+/m1/s1. The molecule has 2 heterocycles. The number of alkyl halides is 6. The van der Waals surface area contributed by atoms with Crippen molar-refractivity contribution >= 4 is 28.7 Å². The van der Waals surface area contributed by atoms with Gasteiger partial charge in [-0.3, -0.25) is 19.5 Å². The molecule has 0 aliphatic carbocycles. The van der Waals surface area contributed by atoms with Gasteiger partial charge in [0.25, 0.3) is 5.24 Å². The Kier molecular flexibility index (Phi) is 9.20. The fourth-order valence-electron chi connectivity index (χ4n) is 4.20. The van der Waals surface area contributed by atoms with E-state index in [9.17, 15) is 41.0 Å². The first-order chi connectivity index (χ1) is 17.6. The summed E-state index contributed by atoms with van der Waals surface area (Å²) < 4.78 is 79.3. The second-order valence-corrected chi connectivity index (χ2v) is 10.4. The van der Waals surface area contributed by atoms with Crippen LogP contribution in [-0.4, -0.2) is 71.2 Å². The number of likely N-dealkylation sites (tertiary alicyclic amines) is 1. The second-order valence-electron chi connectivity index (χ2n) is 9.42. The molecule has 2 fully saturated rings.